The van der Waals surface area contributed by atoms with Gasteiger partial charge >= 0.3 is 0 Å². The Bertz CT molecular complexity index is 366. The van der Waals surface area contributed by atoms with Crippen LogP contribution in [0.4, 0.5) is 0 Å². The summed E-state index contributed by atoms with van der Waals surface area (Å²) in [6, 6.07) is 3.84. The molecule has 0 aliphatic heterocycles. The predicted molar refractivity (Wildman–Crippen MR) is 66.0 cm³/mol. The number of rotatable bonds is 4. The van der Waals surface area contributed by atoms with Crippen molar-refractivity contribution in [2.45, 2.75) is 25.8 Å². The zero-order chi connectivity index (χ0) is 12.1. The Hall–Kier alpha value is -1.42. The van der Waals surface area contributed by atoms with Gasteiger partial charge in [0.05, 0.1) is 0 Å². The topological polar surface area (TPSA) is 68.0 Å². The molecule has 1 aromatic heterocycles. The lowest BCUT2D eigenvalue weighted by atomic mass is 9.95. The number of carbonyl (C=O) groups is 1. The molecule has 2 unspecified atom stereocenters. The largest absolute Gasteiger partial charge is 0.352 e. The van der Waals surface area contributed by atoms with Gasteiger partial charge in [0, 0.05) is 24.9 Å². The fraction of sp³-hybridized carbons (Fsp3) is 0.538. The Morgan fingerprint density at radius 1 is 1.53 bits per heavy atom. The summed E-state index contributed by atoms with van der Waals surface area (Å²) >= 11 is 0. The highest BCUT2D eigenvalue weighted by Crippen LogP contribution is 2.30. The highest BCUT2D eigenvalue weighted by Gasteiger charge is 2.31. The molecule has 4 heteroatoms. The number of hydrogen-bond acceptors (Lipinski definition) is 3. The molecule has 1 aliphatic rings. The summed E-state index contributed by atoms with van der Waals surface area (Å²) in [6.45, 7) is 1.17. The number of hydrogen-bond donors (Lipinski definition) is 2. The van der Waals surface area contributed by atoms with Crippen LogP contribution in [0.5, 0.6) is 0 Å². The maximum atomic E-state index is 12.0. The van der Waals surface area contributed by atoms with Crippen LogP contribution in [0.25, 0.3) is 0 Å². The number of amides is 1. The van der Waals surface area contributed by atoms with Crippen LogP contribution in [-0.2, 0) is 11.3 Å². The standard InChI is InChI=1S/C13H19N3O/c14-7-11-4-1-5-12(11)13(17)16-9-10-3-2-6-15-8-10/h2-3,6,8,11-12H,1,4-5,7,9,14H2,(H,16,17). The highest BCUT2D eigenvalue weighted by molar-refractivity contribution is 5.79. The number of carbonyl (C=O) groups excluding carboxylic acids is 1. The number of nitrogens with two attached hydrogens (primary N) is 1. The lowest BCUT2D eigenvalue weighted by Crippen LogP contribution is -2.34. The van der Waals surface area contributed by atoms with E-state index in [2.05, 4.69) is 10.3 Å². The Morgan fingerprint density at radius 3 is 3.12 bits per heavy atom. The monoisotopic (exact) mass is 233 g/mol. The van der Waals surface area contributed by atoms with Gasteiger partial charge in [-0.2, -0.15) is 0 Å². The Labute approximate surface area is 102 Å². The minimum Gasteiger partial charge on any atom is -0.352 e. The van der Waals surface area contributed by atoms with E-state index < -0.39 is 0 Å². The molecule has 1 amide bonds. The Kier molecular flexibility index (Phi) is 4.09. The number of aromatic nitrogens is 1. The lowest BCUT2D eigenvalue weighted by Gasteiger charge is -2.17. The molecule has 0 aromatic carbocycles. The first-order valence-electron chi connectivity index (χ1n) is 6.18. The van der Waals surface area contributed by atoms with Gasteiger partial charge in [0.2, 0.25) is 5.91 Å². The molecule has 1 heterocycles. The number of pyridine rings is 1. The summed E-state index contributed by atoms with van der Waals surface area (Å²) in [5.41, 5.74) is 6.71. The van der Waals surface area contributed by atoms with Crippen LogP contribution in [0, 0.1) is 11.8 Å². The van der Waals surface area contributed by atoms with E-state index in [1.807, 2.05) is 12.1 Å². The van der Waals surface area contributed by atoms with Crippen molar-refractivity contribution in [1.82, 2.24) is 10.3 Å². The normalized spacial score (nSPS) is 23.6. The summed E-state index contributed by atoms with van der Waals surface area (Å²) in [7, 11) is 0. The molecule has 1 fully saturated rings. The molecule has 0 bridgehead atoms. The molecule has 1 aliphatic carbocycles. The van der Waals surface area contributed by atoms with E-state index in [4.69, 9.17) is 5.73 Å². The van der Waals surface area contributed by atoms with Gasteiger partial charge < -0.3 is 11.1 Å². The van der Waals surface area contributed by atoms with Crippen LogP contribution in [0.1, 0.15) is 24.8 Å². The molecule has 17 heavy (non-hydrogen) atoms. The molecule has 1 saturated carbocycles. The van der Waals surface area contributed by atoms with Crippen LogP contribution in [0.15, 0.2) is 24.5 Å². The van der Waals surface area contributed by atoms with Crippen LogP contribution in [0.3, 0.4) is 0 Å². The van der Waals surface area contributed by atoms with Crippen LogP contribution in [-0.4, -0.2) is 17.4 Å². The molecule has 0 spiro atoms. The Morgan fingerprint density at radius 2 is 2.41 bits per heavy atom. The van der Waals surface area contributed by atoms with Gasteiger partial charge in [0.1, 0.15) is 0 Å². The second-order valence-electron chi connectivity index (χ2n) is 4.61. The lowest BCUT2D eigenvalue weighted by molar-refractivity contribution is -0.126. The SMILES string of the molecule is NCC1CCCC1C(=O)NCc1cccnc1. The maximum Gasteiger partial charge on any atom is 0.223 e. The zero-order valence-corrected chi connectivity index (χ0v) is 9.93. The molecular weight excluding hydrogens is 214 g/mol. The van der Waals surface area contributed by atoms with Crippen molar-refractivity contribution in [1.29, 1.82) is 0 Å². The summed E-state index contributed by atoms with van der Waals surface area (Å²) in [5.74, 6) is 0.613. The molecule has 4 nitrogen and oxygen atoms in total. The maximum absolute atomic E-state index is 12.0. The predicted octanol–water partition coefficient (Wildman–Crippen LogP) is 1.07. The molecule has 0 radical (unpaired) electrons. The van der Waals surface area contributed by atoms with E-state index in [0.29, 0.717) is 19.0 Å². The van der Waals surface area contributed by atoms with Crippen molar-refractivity contribution in [2.24, 2.45) is 17.6 Å². The average molecular weight is 233 g/mol. The molecular formula is C13H19N3O. The summed E-state index contributed by atoms with van der Waals surface area (Å²) in [5, 5.41) is 2.97. The van der Waals surface area contributed by atoms with Gasteiger partial charge in [0.15, 0.2) is 0 Å². The molecule has 2 atom stereocenters. The van der Waals surface area contributed by atoms with E-state index in [0.717, 1.165) is 24.8 Å². The molecule has 2 rings (SSSR count). The first-order valence-corrected chi connectivity index (χ1v) is 6.18. The average Bonchev–Trinajstić information content (AvgIpc) is 2.85. The molecule has 1 aromatic rings. The summed E-state index contributed by atoms with van der Waals surface area (Å²) < 4.78 is 0. The van der Waals surface area contributed by atoms with Gasteiger partial charge in [0.25, 0.3) is 0 Å². The van der Waals surface area contributed by atoms with Crippen molar-refractivity contribution in [3.63, 3.8) is 0 Å². The van der Waals surface area contributed by atoms with Gasteiger partial charge in [-0.3, -0.25) is 9.78 Å². The fourth-order valence-corrected chi connectivity index (χ4v) is 2.49. The van der Waals surface area contributed by atoms with Gasteiger partial charge in [-0.15, -0.1) is 0 Å². The van der Waals surface area contributed by atoms with E-state index in [-0.39, 0.29) is 11.8 Å². The number of nitrogens with zero attached hydrogens (tertiary/aromatic N) is 1. The molecule has 92 valence electrons. The summed E-state index contributed by atoms with van der Waals surface area (Å²) in [4.78, 5) is 16.0. The molecule has 3 N–H and O–H groups in total. The van der Waals surface area contributed by atoms with E-state index in [1.54, 1.807) is 12.4 Å². The zero-order valence-electron chi connectivity index (χ0n) is 9.93. The van der Waals surface area contributed by atoms with Crippen LogP contribution in [0.2, 0.25) is 0 Å². The third-order valence-corrected chi connectivity index (χ3v) is 3.49. The fourth-order valence-electron chi connectivity index (χ4n) is 2.49. The first kappa shape index (κ1) is 12.0. The van der Waals surface area contributed by atoms with Crippen molar-refractivity contribution < 1.29 is 4.79 Å². The smallest absolute Gasteiger partial charge is 0.223 e. The van der Waals surface area contributed by atoms with Crippen molar-refractivity contribution in [3.8, 4) is 0 Å². The van der Waals surface area contributed by atoms with E-state index >= 15 is 0 Å². The first-order chi connectivity index (χ1) is 8.31. The van der Waals surface area contributed by atoms with Gasteiger partial charge in [-0.1, -0.05) is 12.5 Å². The van der Waals surface area contributed by atoms with Crippen molar-refractivity contribution in [2.75, 3.05) is 6.54 Å². The van der Waals surface area contributed by atoms with Gasteiger partial charge in [-0.05, 0) is 36.9 Å². The third-order valence-electron chi connectivity index (χ3n) is 3.49. The van der Waals surface area contributed by atoms with Gasteiger partial charge in [-0.25, -0.2) is 0 Å². The van der Waals surface area contributed by atoms with E-state index in [1.165, 1.54) is 0 Å². The third kappa shape index (κ3) is 3.03. The highest BCUT2D eigenvalue weighted by atomic mass is 16.1. The summed E-state index contributed by atoms with van der Waals surface area (Å²) in [6.07, 6.45) is 6.68. The van der Waals surface area contributed by atoms with Crippen molar-refractivity contribution >= 4 is 5.91 Å². The van der Waals surface area contributed by atoms with Crippen LogP contribution < -0.4 is 11.1 Å². The second kappa shape index (κ2) is 5.77. The van der Waals surface area contributed by atoms with Crippen LogP contribution >= 0.6 is 0 Å². The Balaban J connectivity index is 1.85. The minimum absolute atomic E-state index is 0.108. The van der Waals surface area contributed by atoms with E-state index in [9.17, 15) is 4.79 Å². The second-order valence-corrected chi connectivity index (χ2v) is 4.61. The minimum atomic E-state index is 0.108. The van der Waals surface area contributed by atoms with Crippen molar-refractivity contribution in [3.05, 3.63) is 30.1 Å². The quantitative estimate of drug-likeness (QED) is 0.817. The number of nitrogens with one attached hydrogen (secondary N) is 1. The molecule has 0 saturated heterocycles.